The van der Waals surface area contributed by atoms with Gasteiger partial charge in [-0.25, -0.2) is 12.8 Å². The lowest BCUT2D eigenvalue weighted by molar-refractivity contribution is -0.387. The Morgan fingerprint density at radius 2 is 1.75 bits per heavy atom. The fourth-order valence-electron chi connectivity index (χ4n) is 2.52. The van der Waals surface area contributed by atoms with E-state index in [1.165, 1.54) is 36.4 Å². The van der Waals surface area contributed by atoms with Crippen molar-refractivity contribution in [2.75, 3.05) is 0 Å². The Morgan fingerprint density at radius 3 is 2.38 bits per heavy atom. The zero-order valence-electron chi connectivity index (χ0n) is 12.6. The second-order valence-electron chi connectivity index (χ2n) is 5.60. The van der Waals surface area contributed by atoms with Crippen LogP contribution in [0.1, 0.15) is 18.4 Å². The number of benzene rings is 2. The minimum Gasteiger partial charge on any atom is -0.258 e. The van der Waals surface area contributed by atoms with Gasteiger partial charge in [0.05, 0.1) is 4.92 Å². The van der Waals surface area contributed by atoms with Gasteiger partial charge in [-0.3, -0.25) is 10.1 Å². The summed E-state index contributed by atoms with van der Waals surface area (Å²) in [4.78, 5) is 10.1. The summed E-state index contributed by atoms with van der Waals surface area (Å²) in [7, 11) is -4.10. The summed E-state index contributed by atoms with van der Waals surface area (Å²) >= 11 is 0. The van der Waals surface area contributed by atoms with Crippen LogP contribution in [-0.2, 0) is 16.6 Å². The molecule has 1 fully saturated rings. The van der Waals surface area contributed by atoms with E-state index in [2.05, 4.69) is 0 Å². The van der Waals surface area contributed by atoms with Crippen LogP contribution in [0.3, 0.4) is 0 Å². The van der Waals surface area contributed by atoms with Gasteiger partial charge >= 0.3 is 0 Å². The molecular formula is C16H15FN2O4S. The van der Waals surface area contributed by atoms with E-state index in [0.717, 1.165) is 10.4 Å². The van der Waals surface area contributed by atoms with Gasteiger partial charge in [0.25, 0.3) is 5.69 Å². The summed E-state index contributed by atoms with van der Waals surface area (Å²) in [6.45, 7) is -0.147. The molecule has 0 amide bonds. The van der Waals surface area contributed by atoms with Gasteiger partial charge in [0, 0.05) is 24.2 Å². The van der Waals surface area contributed by atoms with E-state index in [9.17, 15) is 22.9 Å². The Bertz CT molecular complexity index is 881. The smallest absolute Gasteiger partial charge is 0.258 e. The van der Waals surface area contributed by atoms with Crippen LogP contribution in [0.5, 0.6) is 0 Å². The molecule has 0 aliphatic heterocycles. The van der Waals surface area contributed by atoms with E-state index >= 15 is 0 Å². The van der Waals surface area contributed by atoms with Crippen molar-refractivity contribution in [1.82, 2.24) is 4.31 Å². The highest BCUT2D eigenvalue weighted by atomic mass is 32.2. The summed E-state index contributed by atoms with van der Waals surface area (Å²) in [5.74, 6) is -0.499. The molecule has 24 heavy (non-hydrogen) atoms. The number of nitro groups is 1. The predicted octanol–water partition coefficient (Wildman–Crippen LogP) is 3.09. The largest absolute Gasteiger partial charge is 0.289 e. The third-order valence-electron chi connectivity index (χ3n) is 3.89. The maximum Gasteiger partial charge on any atom is 0.289 e. The molecule has 0 radical (unpaired) electrons. The van der Waals surface area contributed by atoms with Gasteiger partial charge in [-0.1, -0.05) is 30.3 Å². The van der Waals surface area contributed by atoms with Crippen LogP contribution < -0.4 is 0 Å². The van der Waals surface area contributed by atoms with Crippen LogP contribution in [0.15, 0.2) is 53.4 Å². The van der Waals surface area contributed by atoms with Crippen molar-refractivity contribution in [1.29, 1.82) is 0 Å². The van der Waals surface area contributed by atoms with Crippen LogP contribution in [0.2, 0.25) is 0 Å². The quantitative estimate of drug-likeness (QED) is 0.592. The van der Waals surface area contributed by atoms with Crippen molar-refractivity contribution < 1.29 is 17.7 Å². The lowest BCUT2D eigenvalue weighted by atomic mass is 10.2. The SMILES string of the molecule is O=[N+]([O-])c1ccccc1S(=O)(=O)N(Cc1ccccc1F)C1CC1. The average Bonchev–Trinajstić information content (AvgIpc) is 3.38. The molecule has 1 aliphatic carbocycles. The fraction of sp³-hybridized carbons (Fsp3) is 0.250. The maximum atomic E-state index is 13.9. The van der Waals surface area contributed by atoms with Gasteiger partial charge < -0.3 is 0 Å². The van der Waals surface area contributed by atoms with Crippen LogP contribution in [0.25, 0.3) is 0 Å². The van der Waals surface area contributed by atoms with Crippen LogP contribution >= 0.6 is 0 Å². The Morgan fingerprint density at radius 1 is 1.12 bits per heavy atom. The third-order valence-corrected chi connectivity index (χ3v) is 5.83. The molecular weight excluding hydrogens is 335 g/mol. The fourth-order valence-corrected chi connectivity index (χ4v) is 4.34. The van der Waals surface area contributed by atoms with Crippen molar-refractivity contribution >= 4 is 15.7 Å². The summed E-state index contributed by atoms with van der Waals surface area (Å²) in [6.07, 6.45) is 1.32. The van der Waals surface area contributed by atoms with E-state index in [1.807, 2.05) is 0 Å². The number of rotatable bonds is 6. The monoisotopic (exact) mass is 350 g/mol. The Kier molecular flexibility index (Phi) is 4.33. The van der Waals surface area contributed by atoms with Gasteiger partial charge in [-0.05, 0) is 25.0 Å². The number of sulfonamides is 1. The molecule has 1 saturated carbocycles. The maximum absolute atomic E-state index is 13.9. The summed E-state index contributed by atoms with van der Waals surface area (Å²) in [5, 5.41) is 11.2. The minimum absolute atomic E-state index is 0.147. The molecule has 0 aromatic heterocycles. The number of hydrogen-bond donors (Lipinski definition) is 0. The van der Waals surface area contributed by atoms with Crippen LogP contribution in [0.4, 0.5) is 10.1 Å². The van der Waals surface area contributed by atoms with Gasteiger partial charge in [0.15, 0.2) is 4.90 Å². The molecule has 8 heteroatoms. The summed E-state index contributed by atoms with van der Waals surface area (Å²) in [5.41, 5.74) is -0.233. The van der Waals surface area contributed by atoms with Crippen molar-refractivity contribution in [3.05, 3.63) is 70.0 Å². The Hall–Kier alpha value is -2.32. The molecule has 3 rings (SSSR count). The first-order valence-electron chi connectivity index (χ1n) is 7.40. The molecule has 0 saturated heterocycles. The van der Waals surface area contributed by atoms with Crippen molar-refractivity contribution in [3.63, 3.8) is 0 Å². The Balaban J connectivity index is 2.03. The van der Waals surface area contributed by atoms with E-state index in [1.54, 1.807) is 6.07 Å². The molecule has 0 atom stereocenters. The normalized spacial score (nSPS) is 14.8. The number of para-hydroxylation sites is 1. The molecule has 126 valence electrons. The molecule has 2 aromatic rings. The number of nitrogens with zero attached hydrogens (tertiary/aromatic N) is 2. The lowest BCUT2D eigenvalue weighted by Crippen LogP contribution is -2.33. The zero-order valence-corrected chi connectivity index (χ0v) is 13.4. The van der Waals surface area contributed by atoms with Crippen molar-refractivity contribution in [2.24, 2.45) is 0 Å². The zero-order chi connectivity index (χ0) is 17.3. The van der Waals surface area contributed by atoms with Crippen molar-refractivity contribution in [3.8, 4) is 0 Å². The second kappa shape index (κ2) is 6.29. The summed E-state index contributed by atoms with van der Waals surface area (Å²) in [6, 6.07) is 10.9. The third kappa shape index (κ3) is 3.15. The van der Waals surface area contributed by atoms with E-state index < -0.39 is 26.5 Å². The molecule has 2 aromatic carbocycles. The average molecular weight is 350 g/mol. The summed E-state index contributed by atoms with van der Waals surface area (Å²) < 4.78 is 41.0. The van der Waals surface area contributed by atoms with Gasteiger partial charge in [-0.2, -0.15) is 4.31 Å². The van der Waals surface area contributed by atoms with E-state index in [0.29, 0.717) is 12.8 Å². The standard InChI is InChI=1S/C16H15FN2O4S/c17-14-6-2-1-5-12(14)11-18(13-9-10-13)24(22,23)16-8-4-3-7-15(16)19(20)21/h1-8,13H,9-11H2. The molecule has 0 bridgehead atoms. The first kappa shape index (κ1) is 16.5. The van der Waals surface area contributed by atoms with E-state index in [-0.39, 0.29) is 23.0 Å². The highest BCUT2D eigenvalue weighted by Crippen LogP contribution is 2.36. The number of halogens is 1. The lowest BCUT2D eigenvalue weighted by Gasteiger charge is -2.22. The van der Waals surface area contributed by atoms with Crippen LogP contribution in [-0.4, -0.2) is 23.7 Å². The highest BCUT2D eigenvalue weighted by Gasteiger charge is 2.41. The Labute approximate surface area is 138 Å². The van der Waals surface area contributed by atoms with Gasteiger partial charge in [0.2, 0.25) is 10.0 Å². The van der Waals surface area contributed by atoms with Gasteiger partial charge in [0.1, 0.15) is 5.82 Å². The van der Waals surface area contributed by atoms with E-state index in [4.69, 9.17) is 0 Å². The first-order chi connectivity index (χ1) is 11.4. The molecule has 0 spiro atoms. The first-order valence-corrected chi connectivity index (χ1v) is 8.84. The molecule has 0 unspecified atom stereocenters. The second-order valence-corrected chi connectivity index (χ2v) is 7.46. The van der Waals surface area contributed by atoms with Crippen molar-refractivity contribution in [2.45, 2.75) is 30.3 Å². The number of nitro benzene ring substituents is 1. The topological polar surface area (TPSA) is 80.5 Å². The van der Waals surface area contributed by atoms with Crippen LogP contribution in [0, 0.1) is 15.9 Å². The number of hydrogen-bond acceptors (Lipinski definition) is 4. The molecule has 0 heterocycles. The molecule has 6 nitrogen and oxygen atoms in total. The molecule has 0 N–H and O–H groups in total. The predicted molar refractivity (Wildman–Crippen MR) is 85.2 cm³/mol. The van der Waals surface area contributed by atoms with Gasteiger partial charge in [-0.15, -0.1) is 0 Å². The molecule has 1 aliphatic rings. The minimum atomic E-state index is -4.10. The highest BCUT2D eigenvalue weighted by molar-refractivity contribution is 7.89.